The maximum Gasteiger partial charge on any atom is 0.134 e. The standard InChI is InChI=1S/C8H6Cl2OS/c9-7-5-3-1-2-4-6(5)12(11)8(7)10/h1-4,7-8H/t7-,8-,12-/m1/s1/i8D. The first-order chi connectivity index (χ1) is 6.05. The molecule has 1 aromatic carbocycles. The summed E-state index contributed by atoms with van der Waals surface area (Å²) in [5, 5.41) is -0.703. The van der Waals surface area contributed by atoms with E-state index < -0.39 is 20.9 Å². The maximum atomic E-state index is 11.6. The number of rotatable bonds is 0. The Labute approximate surface area is 84.5 Å². The minimum absolute atomic E-state index is 0.576. The van der Waals surface area contributed by atoms with E-state index in [0.717, 1.165) is 0 Å². The fourth-order valence-electron chi connectivity index (χ4n) is 1.18. The summed E-state index contributed by atoms with van der Waals surface area (Å²) in [4.78, 5) is 0.576. The Morgan fingerprint density at radius 3 is 2.75 bits per heavy atom. The molecule has 0 saturated heterocycles. The molecule has 4 heteroatoms. The summed E-state index contributed by atoms with van der Waals surface area (Å²) in [5.41, 5.74) is 0.701. The van der Waals surface area contributed by atoms with Crippen LogP contribution in [0.1, 0.15) is 12.3 Å². The summed E-state index contributed by atoms with van der Waals surface area (Å²) in [7, 11) is -1.54. The van der Waals surface area contributed by atoms with Gasteiger partial charge in [-0.15, -0.1) is 23.2 Å². The minimum Gasteiger partial charge on any atom is -0.253 e. The molecule has 1 heterocycles. The van der Waals surface area contributed by atoms with Crippen molar-refractivity contribution in [3.05, 3.63) is 29.8 Å². The van der Waals surface area contributed by atoms with Crippen molar-refractivity contribution in [1.82, 2.24) is 0 Å². The van der Waals surface area contributed by atoms with Crippen molar-refractivity contribution >= 4 is 34.0 Å². The van der Waals surface area contributed by atoms with Gasteiger partial charge >= 0.3 is 0 Å². The third-order valence-electron chi connectivity index (χ3n) is 1.77. The number of halogens is 2. The summed E-state index contributed by atoms with van der Waals surface area (Å²) >= 11 is 11.7. The van der Waals surface area contributed by atoms with Gasteiger partial charge in [0.2, 0.25) is 0 Å². The van der Waals surface area contributed by atoms with Crippen LogP contribution in [0.15, 0.2) is 29.2 Å². The Bertz CT molecular complexity index is 380. The van der Waals surface area contributed by atoms with E-state index in [1.165, 1.54) is 0 Å². The molecule has 0 aromatic heterocycles. The van der Waals surface area contributed by atoms with Crippen molar-refractivity contribution in [1.29, 1.82) is 0 Å². The van der Waals surface area contributed by atoms with Crippen molar-refractivity contribution in [2.45, 2.75) is 15.0 Å². The molecule has 0 N–H and O–H groups in total. The molecule has 1 nitrogen and oxygen atoms in total. The van der Waals surface area contributed by atoms with E-state index in [2.05, 4.69) is 0 Å². The number of benzene rings is 1. The van der Waals surface area contributed by atoms with Crippen molar-refractivity contribution < 1.29 is 5.58 Å². The molecule has 3 atom stereocenters. The highest BCUT2D eigenvalue weighted by molar-refractivity contribution is 7.87. The number of hydrogen-bond donors (Lipinski definition) is 0. The van der Waals surface area contributed by atoms with E-state index >= 15 is 0 Å². The van der Waals surface area contributed by atoms with Crippen molar-refractivity contribution in [2.24, 2.45) is 0 Å². The summed E-state index contributed by atoms with van der Waals surface area (Å²) in [5.74, 6) is 0. The van der Waals surface area contributed by atoms with E-state index in [0.29, 0.717) is 10.5 Å². The van der Waals surface area contributed by atoms with Gasteiger partial charge in [-0.05, 0) is 11.6 Å². The predicted molar refractivity (Wildman–Crippen MR) is 51.1 cm³/mol. The third-order valence-corrected chi connectivity index (χ3v) is 4.46. The zero-order valence-electron chi connectivity index (χ0n) is 6.96. The van der Waals surface area contributed by atoms with E-state index in [9.17, 15) is 4.21 Å². The van der Waals surface area contributed by atoms with Gasteiger partial charge in [0, 0.05) is 4.90 Å². The molecule has 12 heavy (non-hydrogen) atoms. The molecule has 1 aliphatic heterocycles. The van der Waals surface area contributed by atoms with E-state index in [-0.39, 0.29) is 0 Å². The van der Waals surface area contributed by atoms with Crippen LogP contribution >= 0.6 is 23.2 Å². The van der Waals surface area contributed by atoms with Gasteiger partial charge in [0.05, 0.1) is 17.5 Å². The lowest BCUT2D eigenvalue weighted by Crippen LogP contribution is -2.02. The second kappa shape index (κ2) is 3.02. The molecule has 0 fully saturated rings. The highest BCUT2D eigenvalue weighted by atomic mass is 35.5. The minimum atomic E-state index is -1.62. The summed E-state index contributed by atoms with van der Waals surface area (Å²) < 4.78 is 17.6. The highest BCUT2D eigenvalue weighted by Gasteiger charge is 2.35. The fraction of sp³-hybridized carbons (Fsp3) is 0.250. The van der Waals surface area contributed by atoms with Crippen LogP contribution in [0.25, 0.3) is 0 Å². The predicted octanol–water partition coefficient (Wildman–Crippen LogP) is 2.65. The van der Waals surface area contributed by atoms with Crippen molar-refractivity contribution in [3.63, 3.8) is 0 Å². The Balaban J connectivity index is 2.64. The zero-order chi connectivity index (χ0) is 9.64. The van der Waals surface area contributed by atoms with Crippen LogP contribution in [-0.4, -0.2) is 8.89 Å². The molecule has 0 bridgehead atoms. The highest BCUT2D eigenvalue weighted by Crippen LogP contribution is 2.42. The molecule has 0 spiro atoms. The third kappa shape index (κ3) is 1.10. The average Bonchev–Trinajstić information content (AvgIpc) is 2.30. The van der Waals surface area contributed by atoms with E-state index in [1.807, 2.05) is 0 Å². The van der Waals surface area contributed by atoms with E-state index in [4.69, 9.17) is 24.6 Å². The molecule has 0 saturated carbocycles. The van der Waals surface area contributed by atoms with Crippen LogP contribution in [0.5, 0.6) is 0 Å². The van der Waals surface area contributed by atoms with Crippen LogP contribution in [0.3, 0.4) is 0 Å². The lowest BCUT2D eigenvalue weighted by Gasteiger charge is -2.01. The summed E-state index contributed by atoms with van der Waals surface area (Å²) in [6.07, 6.45) is 0. The van der Waals surface area contributed by atoms with Crippen LogP contribution in [0.4, 0.5) is 0 Å². The Morgan fingerprint density at radius 1 is 1.42 bits per heavy atom. The molecule has 64 valence electrons. The second-order valence-electron chi connectivity index (χ2n) is 2.47. The first-order valence-corrected chi connectivity index (χ1v) is 5.35. The second-order valence-corrected chi connectivity index (χ2v) is 4.96. The van der Waals surface area contributed by atoms with Crippen molar-refractivity contribution in [3.8, 4) is 0 Å². The van der Waals surface area contributed by atoms with Crippen LogP contribution < -0.4 is 0 Å². The molecule has 0 unspecified atom stereocenters. The maximum absolute atomic E-state index is 11.6. The molecular formula is C8H6Cl2OS. The first kappa shape index (κ1) is 7.36. The van der Waals surface area contributed by atoms with Gasteiger partial charge in [-0.3, -0.25) is 4.21 Å². The normalized spacial score (nSPS) is 40.7. The SMILES string of the molecule is [2H][C@]1(Cl)[C@H](Cl)c2ccccc2[S@]1=O. The lowest BCUT2D eigenvalue weighted by atomic mass is 10.2. The smallest absolute Gasteiger partial charge is 0.134 e. The first-order valence-electron chi connectivity index (χ1n) is 3.89. The lowest BCUT2D eigenvalue weighted by molar-refractivity contribution is 0.683. The molecular weight excluding hydrogens is 215 g/mol. The summed E-state index contributed by atoms with van der Waals surface area (Å²) in [6, 6.07) is 7.01. The van der Waals surface area contributed by atoms with Gasteiger partial charge in [-0.2, -0.15) is 0 Å². The largest absolute Gasteiger partial charge is 0.253 e. The summed E-state index contributed by atoms with van der Waals surface area (Å²) in [6.45, 7) is 0. The monoisotopic (exact) mass is 221 g/mol. The van der Waals surface area contributed by atoms with Crippen LogP contribution in [0, 0.1) is 0 Å². The topological polar surface area (TPSA) is 17.1 Å². The van der Waals surface area contributed by atoms with Gasteiger partial charge in [-0.25, -0.2) is 0 Å². The molecule has 1 aromatic rings. The quantitative estimate of drug-likeness (QED) is 0.616. The van der Waals surface area contributed by atoms with Gasteiger partial charge in [0.15, 0.2) is 0 Å². The van der Waals surface area contributed by atoms with Crippen molar-refractivity contribution in [2.75, 3.05) is 0 Å². The van der Waals surface area contributed by atoms with Crippen LogP contribution in [-0.2, 0) is 10.8 Å². The number of hydrogen-bond acceptors (Lipinski definition) is 1. The van der Waals surface area contributed by atoms with Gasteiger partial charge < -0.3 is 0 Å². The fourth-order valence-corrected chi connectivity index (χ4v) is 3.17. The Kier molecular flexibility index (Phi) is 1.85. The molecule has 1 aliphatic rings. The Morgan fingerprint density at radius 2 is 2.08 bits per heavy atom. The zero-order valence-corrected chi connectivity index (χ0v) is 8.29. The number of fused-ring (bicyclic) bond motifs is 1. The van der Waals surface area contributed by atoms with Gasteiger partial charge in [0.25, 0.3) is 0 Å². The van der Waals surface area contributed by atoms with Gasteiger partial charge in [-0.1, -0.05) is 18.2 Å². The van der Waals surface area contributed by atoms with E-state index in [1.54, 1.807) is 24.3 Å². The molecule has 2 rings (SSSR count). The van der Waals surface area contributed by atoms with Gasteiger partial charge in [0.1, 0.15) is 4.69 Å². The molecule has 0 amide bonds. The average molecular weight is 222 g/mol. The Hall–Kier alpha value is -0.0500. The molecule has 0 aliphatic carbocycles. The van der Waals surface area contributed by atoms with Crippen LogP contribution in [0.2, 0.25) is 0 Å². The molecule has 0 radical (unpaired) electrons. The number of alkyl halides is 2.